The molecule has 4 nitrogen and oxygen atoms in total. The quantitative estimate of drug-likeness (QED) is 0.747. The first-order chi connectivity index (χ1) is 9.15. The van der Waals surface area contributed by atoms with Gasteiger partial charge in [-0.1, -0.05) is 20.8 Å². The maximum Gasteiger partial charge on any atom is 0.0807 e. The van der Waals surface area contributed by atoms with Crippen molar-refractivity contribution in [3.63, 3.8) is 0 Å². The van der Waals surface area contributed by atoms with Crippen LogP contribution in [0.4, 0.5) is 0 Å². The van der Waals surface area contributed by atoms with E-state index in [4.69, 9.17) is 4.74 Å². The molecule has 0 fully saturated rings. The number of rotatable bonds is 9. The molecule has 0 spiro atoms. The summed E-state index contributed by atoms with van der Waals surface area (Å²) >= 11 is 0. The second-order valence-corrected chi connectivity index (χ2v) is 5.17. The SMILES string of the molecule is CCCNC(c1ccnn1CC)C(OCC)C(C)C. The number of aromatic nitrogens is 2. The summed E-state index contributed by atoms with van der Waals surface area (Å²) in [5.41, 5.74) is 1.23. The van der Waals surface area contributed by atoms with E-state index >= 15 is 0 Å². The summed E-state index contributed by atoms with van der Waals surface area (Å²) in [5.74, 6) is 0.467. The van der Waals surface area contributed by atoms with Crippen molar-refractivity contribution in [3.05, 3.63) is 18.0 Å². The normalized spacial score (nSPS) is 14.8. The molecule has 0 amide bonds. The summed E-state index contributed by atoms with van der Waals surface area (Å²) in [6.07, 6.45) is 3.18. The van der Waals surface area contributed by atoms with Crippen LogP contribution in [0.3, 0.4) is 0 Å². The van der Waals surface area contributed by atoms with E-state index in [9.17, 15) is 0 Å². The van der Waals surface area contributed by atoms with Gasteiger partial charge in [0.1, 0.15) is 0 Å². The van der Waals surface area contributed by atoms with E-state index in [1.165, 1.54) is 5.69 Å². The molecule has 0 bridgehead atoms. The molecular weight excluding hydrogens is 238 g/mol. The number of nitrogens with one attached hydrogen (secondary N) is 1. The van der Waals surface area contributed by atoms with E-state index < -0.39 is 0 Å². The van der Waals surface area contributed by atoms with Crippen molar-refractivity contribution < 1.29 is 4.74 Å². The fourth-order valence-corrected chi connectivity index (χ4v) is 2.43. The number of nitrogens with zero attached hydrogens (tertiary/aromatic N) is 2. The molecule has 1 N–H and O–H groups in total. The predicted molar refractivity (Wildman–Crippen MR) is 79.2 cm³/mol. The molecule has 0 aliphatic heterocycles. The van der Waals surface area contributed by atoms with Crippen molar-refractivity contribution >= 4 is 0 Å². The van der Waals surface area contributed by atoms with Gasteiger partial charge in [0.15, 0.2) is 0 Å². The van der Waals surface area contributed by atoms with E-state index in [0.29, 0.717) is 5.92 Å². The largest absolute Gasteiger partial charge is 0.376 e. The maximum absolute atomic E-state index is 5.98. The number of hydrogen-bond donors (Lipinski definition) is 1. The van der Waals surface area contributed by atoms with Gasteiger partial charge in [0.25, 0.3) is 0 Å². The van der Waals surface area contributed by atoms with Gasteiger partial charge in [-0.15, -0.1) is 0 Å². The Bertz CT molecular complexity index is 349. The third-order valence-electron chi connectivity index (χ3n) is 3.33. The zero-order valence-corrected chi connectivity index (χ0v) is 13.0. The summed E-state index contributed by atoms with van der Waals surface area (Å²) < 4.78 is 8.04. The van der Waals surface area contributed by atoms with E-state index in [0.717, 1.165) is 26.1 Å². The lowest BCUT2D eigenvalue weighted by Gasteiger charge is -2.31. The average Bonchev–Trinajstić information content (AvgIpc) is 2.86. The standard InChI is InChI=1S/C15H29N3O/c1-6-10-16-14(15(12(4)5)19-8-3)13-9-11-17-18(13)7-2/h9,11-12,14-16H,6-8,10H2,1-5H3. The third-order valence-corrected chi connectivity index (χ3v) is 3.33. The van der Waals surface area contributed by atoms with Crippen LogP contribution in [0.2, 0.25) is 0 Å². The molecule has 1 aromatic heterocycles. The van der Waals surface area contributed by atoms with Gasteiger partial charge in [0.2, 0.25) is 0 Å². The zero-order chi connectivity index (χ0) is 14.3. The van der Waals surface area contributed by atoms with Crippen molar-refractivity contribution in [1.82, 2.24) is 15.1 Å². The van der Waals surface area contributed by atoms with Crippen LogP contribution in [-0.2, 0) is 11.3 Å². The second-order valence-electron chi connectivity index (χ2n) is 5.17. The van der Waals surface area contributed by atoms with Gasteiger partial charge < -0.3 is 10.1 Å². The molecule has 19 heavy (non-hydrogen) atoms. The van der Waals surface area contributed by atoms with Crippen molar-refractivity contribution in [2.75, 3.05) is 13.2 Å². The smallest absolute Gasteiger partial charge is 0.0807 e. The molecule has 0 saturated heterocycles. The highest BCUT2D eigenvalue weighted by molar-refractivity contribution is 5.10. The number of hydrogen-bond acceptors (Lipinski definition) is 3. The summed E-state index contributed by atoms with van der Waals surface area (Å²) in [6.45, 7) is 13.4. The predicted octanol–water partition coefficient (Wildman–Crippen LogP) is 3.00. The second kappa shape index (κ2) is 8.33. The third kappa shape index (κ3) is 4.32. The van der Waals surface area contributed by atoms with Gasteiger partial charge in [-0.2, -0.15) is 5.10 Å². The molecular formula is C15H29N3O. The van der Waals surface area contributed by atoms with Gasteiger partial charge >= 0.3 is 0 Å². The van der Waals surface area contributed by atoms with Crippen molar-refractivity contribution in [1.29, 1.82) is 0 Å². The van der Waals surface area contributed by atoms with Crippen LogP contribution in [-0.4, -0.2) is 29.0 Å². The summed E-state index contributed by atoms with van der Waals surface area (Å²) in [7, 11) is 0. The molecule has 0 aromatic carbocycles. The molecule has 4 heteroatoms. The Labute approximate surface area is 117 Å². The first-order valence-electron chi connectivity index (χ1n) is 7.52. The highest BCUT2D eigenvalue weighted by atomic mass is 16.5. The molecule has 2 unspecified atom stereocenters. The summed E-state index contributed by atoms with van der Waals surface area (Å²) in [6, 6.07) is 2.31. The fraction of sp³-hybridized carbons (Fsp3) is 0.800. The Kier molecular flexibility index (Phi) is 7.10. The van der Waals surface area contributed by atoms with E-state index in [2.05, 4.69) is 55.8 Å². The Hall–Kier alpha value is -0.870. The maximum atomic E-state index is 5.98. The minimum Gasteiger partial charge on any atom is -0.376 e. The molecule has 0 saturated carbocycles. The number of ether oxygens (including phenoxy) is 1. The van der Waals surface area contributed by atoms with Crippen molar-refractivity contribution in [3.8, 4) is 0 Å². The highest BCUT2D eigenvalue weighted by Gasteiger charge is 2.28. The van der Waals surface area contributed by atoms with Gasteiger partial charge in [0.05, 0.1) is 17.8 Å². The molecule has 110 valence electrons. The van der Waals surface area contributed by atoms with Gasteiger partial charge in [-0.05, 0) is 38.8 Å². The average molecular weight is 267 g/mol. The van der Waals surface area contributed by atoms with Crippen LogP contribution in [0.25, 0.3) is 0 Å². The molecule has 1 rings (SSSR count). The first kappa shape index (κ1) is 16.2. The van der Waals surface area contributed by atoms with Crippen molar-refractivity contribution in [2.45, 2.75) is 59.7 Å². The van der Waals surface area contributed by atoms with Gasteiger partial charge in [0, 0.05) is 19.3 Å². The Morgan fingerprint density at radius 2 is 2.05 bits per heavy atom. The summed E-state index contributed by atoms with van der Waals surface area (Å²) in [4.78, 5) is 0. The van der Waals surface area contributed by atoms with E-state index in [1.807, 2.05) is 6.20 Å². The minimum atomic E-state index is 0.179. The Morgan fingerprint density at radius 1 is 1.32 bits per heavy atom. The van der Waals surface area contributed by atoms with Crippen LogP contribution in [0, 0.1) is 5.92 Å². The Balaban J connectivity index is 2.97. The number of aryl methyl sites for hydroxylation is 1. The topological polar surface area (TPSA) is 39.1 Å². The minimum absolute atomic E-state index is 0.179. The van der Waals surface area contributed by atoms with Crippen LogP contribution in [0.15, 0.2) is 12.3 Å². The van der Waals surface area contributed by atoms with Gasteiger partial charge in [-0.25, -0.2) is 0 Å². The van der Waals surface area contributed by atoms with E-state index in [1.54, 1.807) is 0 Å². The van der Waals surface area contributed by atoms with Gasteiger partial charge in [-0.3, -0.25) is 4.68 Å². The van der Waals surface area contributed by atoms with Crippen LogP contribution in [0.1, 0.15) is 52.8 Å². The van der Waals surface area contributed by atoms with Crippen LogP contribution in [0.5, 0.6) is 0 Å². The lowest BCUT2D eigenvalue weighted by molar-refractivity contribution is 0.000788. The molecule has 0 aliphatic rings. The van der Waals surface area contributed by atoms with Crippen LogP contribution < -0.4 is 5.32 Å². The summed E-state index contributed by atoms with van der Waals surface area (Å²) in [5, 5.41) is 8.01. The highest BCUT2D eigenvalue weighted by Crippen LogP contribution is 2.25. The van der Waals surface area contributed by atoms with Crippen LogP contribution >= 0.6 is 0 Å². The lowest BCUT2D eigenvalue weighted by atomic mass is 9.96. The molecule has 1 aromatic rings. The lowest BCUT2D eigenvalue weighted by Crippen LogP contribution is -2.39. The first-order valence-corrected chi connectivity index (χ1v) is 7.52. The Morgan fingerprint density at radius 3 is 2.58 bits per heavy atom. The monoisotopic (exact) mass is 267 g/mol. The fourth-order valence-electron chi connectivity index (χ4n) is 2.43. The molecule has 0 aliphatic carbocycles. The zero-order valence-electron chi connectivity index (χ0n) is 13.0. The molecule has 1 heterocycles. The molecule has 2 atom stereocenters. The molecule has 0 radical (unpaired) electrons. The van der Waals surface area contributed by atoms with E-state index in [-0.39, 0.29) is 12.1 Å². The van der Waals surface area contributed by atoms with Crippen molar-refractivity contribution in [2.24, 2.45) is 5.92 Å².